The molecule has 0 atom stereocenters. The van der Waals surface area contributed by atoms with Crippen molar-refractivity contribution in [3.63, 3.8) is 0 Å². The molecule has 5 aromatic carbocycles. The van der Waals surface area contributed by atoms with Gasteiger partial charge in [-0.05, 0) is 76.7 Å². The van der Waals surface area contributed by atoms with E-state index in [1.54, 1.807) is 0 Å². The maximum Gasteiger partial charge on any atom is 0.149 e. The first-order valence-corrected chi connectivity index (χ1v) is 15.2. The quantitative estimate of drug-likeness (QED) is 0.191. The lowest BCUT2D eigenvalue weighted by atomic mass is 9.74. The normalized spacial score (nSPS) is 14.1. The van der Waals surface area contributed by atoms with Gasteiger partial charge >= 0.3 is 0 Å². The molecule has 2 heterocycles. The van der Waals surface area contributed by atoms with Crippen LogP contribution < -0.4 is 4.74 Å². The van der Waals surface area contributed by atoms with Crippen LogP contribution >= 0.6 is 11.3 Å². The first-order chi connectivity index (χ1) is 20.5. The van der Waals surface area contributed by atoms with E-state index in [0.717, 1.165) is 22.6 Å². The molecule has 0 N–H and O–H groups in total. The molecule has 204 valence electrons. The molecule has 1 nitrogen and oxygen atoms in total. The topological polar surface area (TPSA) is 9.23 Å². The molecule has 0 amide bonds. The summed E-state index contributed by atoms with van der Waals surface area (Å²) < 4.78 is 9.26. The summed E-state index contributed by atoms with van der Waals surface area (Å²) in [6, 6.07) is 37.3. The maximum absolute atomic E-state index is 6.74. The zero-order valence-electron chi connectivity index (χ0n) is 24.1. The molecule has 6 aromatic rings. The van der Waals surface area contributed by atoms with Gasteiger partial charge in [-0.15, -0.1) is 11.3 Å². The molecule has 42 heavy (non-hydrogen) atoms. The van der Waals surface area contributed by atoms with Gasteiger partial charge in [-0.25, -0.2) is 0 Å². The molecule has 2 heteroatoms. The van der Waals surface area contributed by atoms with Gasteiger partial charge in [-0.1, -0.05) is 111 Å². The Kier molecular flexibility index (Phi) is 6.45. The van der Waals surface area contributed by atoms with Crippen LogP contribution in [-0.4, -0.2) is 0 Å². The number of hydrogen-bond acceptors (Lipinski definition) is 2. The van der Waals surface area contributed by atoms with Crippen molar-refractivity contribution in [2.24, 2.45) is 0 Å². The fourth-order valence-electron chi connectivity index (χ4n) is 6.14. The van der Waals surface area contributed by atoms with E-state index in [9.17, 15) is 0 Å². The molecule has 1 aliphatic heterocycles. The van der Waals surface area contributed by atoms with Crippen LogP contribution in [0.3, 0.4) is 0 Å². The minimum Gasteiger partial charge on any atom is -0.455 e. The summed E-state index contributed by atoms with van der Waals surface area (Å²) in [5.74, 6) is 1.93. The van der Waals surface area contributed by atoms with E-state index in [1.165, 1.54) is 53.6 Å². The fourth-order valence-corrected chi connectivity index (χ4v) is 7.33. The predicted molar refractivity (Wildman–Crippen MR) is 182 cm³/mol. The summed E-state index contributed by atoms with van der Waals surface area (Å²) in [6.45, 7) is 10.8. The standard InChI is InChI=1S/C40H32OS/c1-5-7-13-26(6-2)29-22-30(27-14-9-8-10-15-27)24-31(23-29)28-18-21-36-35(25-28)40(3,4)34-20-19-33-32-16-11-12-17-37(32)42-39(33)38(34)41-36/h5-25H,2H2,1,3-4H3/b7-5-,26-13+. The molecule has 1 aliphatic rings. The van der Waals surface area contributed by atoms with E-state index in [1.807, 2.05) is 30.4 Å². The minimum atomic E-state index is -0.221. The number of thiophene rings is 1. The van der Waals surface area contributed by atoms with Gasteiger partial charge in [0.25, 0.3) is 0 Å². The second-order valence-corrected chi connectivity index (χ2v) is 12.4. The Bertz CT molecular complexity index is 2050. The van der Waals surface area contributed by atoms with Gasteiger partial charge in [0.15, 0.2) is 0 Å². The van der Waals surface area contributed by atoms with Crippen LogP contribution in [0.15, 0.2) is 134 Å². The van der Waals surface area contributed by atoms with E-state index in [2.05, 4.69) is 136 Å². The maximum atomic E-state index is 6.74. The Morgan fingerprint density at radius 2 is 1.50 bits per heavy atom. The van der Waals surface area contributed by atoms with Crippen molar-refractivity contribution in [3.05, 3.63) is 151 Å². The van der Waals surface area contributed by atoms with Gasteiger partial charge in [-0.2, -0.15) is 0 Å². The first-order valence-electron chi connectivity index (χ1n) is 14.4. The molecule has 0 spiro atoms. The van der Waals surface area contributed by atoms with Gasteiger partial charge in [0.2, 0.25) is 0 Å². The third kappa shape index (κ3) is 4.31. The second-order valence-electron chi connectivity index (χ2n) is 11.4. The van der Waals surface area contributed by atoms with E-state index in [4.69, 9.17) is 4.74 Å². The Morgan fingerprint density at radius 1 is 0.738 bits per heavy atom. The third-order valence-electron chi connectivity index (χ3n) is 8.43. The number of ether oxygens (including phenoxy) is 1. The van der Waals surface area contributed by atoms with Gasteiger partial charge in [0, 0.05) is 32.0 Å². The van der Waals surface area contributed by atoms with Crippen molar-refractivity contribution in [3.8, 4) is 33.8 Å². The molecule has 1 aromatic heterocycles. The van der Waals surface area contributed by atoms with Gasteiger partial charge in [0.05, 0.1) is 4.70 Å². The summed E-state index contributed by atoms with van der Waals surface area (Å²) >= 11 is 1.82. The van der Waals surface area contributed by atoms with Crippen molar-refractivity contribution >= 4 is 37.1 Å². The number of benzene rings is 5. The second kappa shape index (κ2) is 10.3. The number of rotatable bonds is 5. The molecule has 0 saturated heterocycles. The minimum absolute atomic E-state index is 0.221. The summed E-state index contributed by atoms with van der Waals surface area (Å²) in [5.41, 5.74) is 9.16. The van der Waals surface area contributed by atoms with E-state index >= 15 is 0 Å². The predicted octanol–water partition coefficient (Wildman–Crippen LogP) is 12.0. The lowest BCUT2D eigenvalue weighted by Crippen LogP contribution is -2.24. The number of allylic oxidation sites excluding steroid dienone is 5. The molecule has 0 unspecified atom stereocenters. The zero-order valence-corrected chi connectivity index (χ0v) is 25.0. The van der Waals surface area contributed by atoms with Crippen molar-refractivity contribution in [1.82, 2.24) is 0 Å². The third-order valence-corrected chi connectivity index (χ3v) is 9.62. The molecule has 7 rings (SSSR count). The summed E-state index contributed by atoms with van der Waals surface area (Å²) in [5, 5.41) is 2.55. The molecule has 0 bridgehead atoms. The molecule has 0 saturated carbocycles. The Hall–Kier alpha value is -4.66. The van der Waals surface area contributed by atoms with Gasteiger partial charge < -0.3 is 4.74 Å². The van der Waals surface area contributed by atoms with Crippen LogP contribution in [0.5, 0.6) is 11.5 Å². The van der Waals surface area contributed by atoms with Gasteiger partial charge in [-0.3, -0.25) is 0 Å². The molecule has 0 aliphatic carbocycles. The van der Waals surface area contributed by atoms with Crippen LogP contribution in [0.2, 0.25) is 0 Å². The van der Waals surface area contributed by atoms with E-state index in [-0.39, 0.29) is 5.41 Å². The molecular formula is C40H32OS. The van der Waals surface area contributed by atoms with Crippen LogP contribution in [0.1, 0.15) is 37.5 Å². The lowest BCUT2D eigenvalue weighted by molar-refractivity contribution is 0.424. The highest BCUT2D eigenvalue weighted by Crippen LogP contribution is 2.53. The first kappa shape index (κ1) is 26.3. The van der Waals surface area contributed by atoms with Crippen molar-refractivity contribution in [2.75, 3.05) is 0 Å². The largest absolute Gasteiger partial charge is 0.455 e. The molecule has 0 radical (unpaired) electrons. The van der Waals surface area contributed by atoms with E-state index in [0.29, 0.717) is 0 Å². The molecule has 0 fully saturated rings. The summed E-state index contributed by atoms with van der Waals surface area (Å²) in [4.78, 5) is 0. The smallest absolute Gasteiger partial charge is 0.149 e. The van der Waals surface area contributed by atoms with Crippen molar-refractivity contribution in [2.45, 2.75) is 26.2 Å². The Morgan fingerprint density at radius 3 is 2.29 bits per heavy atom. The zero-order chi connectivity index (χ0) is 28.8. The highest BCUT2D eigenvalue weighted by molar-refractivity contribution is 7.26. The van der Waals surface area contributed by atoms with E-state index < -0.39 is 0 Å². The SMILES string of the molecule is C=C/C(=C\C=C/C)c1cc(-c2ccccc2)cc(-c2ccc3c(c2)C(C)(C)c2ccc4c(sc5ccccc54)c2O3)c1. The van der Waals surface area contributed by atoms with Crippen molar-refractivity contribution < 1.29 is 4.74 Å². The van der Waals surface area contributed by atoms with Crippen molar-refractivity contribution in [1.29, 1.82) is 0 Å². The summed E-state index contributed by atoms with van der Waals surface area (Å²) in [6.07, 6.45) is 8.16. The van der Waals surface area contributed by atoms with Crippen LogP contribution in [0.4, 0.5) is 0 Å². The average Bonchev–Trinajstić information content (AvgIpc) is 3.41. The average molecular weight is 561 g/mol. The van der Waals surface area contributed by atoms with Gasteiger partial charge in [0.1, 0.15) is 11.5 Å². The van der Waals surface area contributed by atoms with Crippen LogP contribution in [-0.2, 0) is 5.41 Å². The number of hydrogen-bond donors (Lipinski definition) is 0. The Labute approximate surface area is 251 Å². The fraction of sp³-hybridized carbons (Fsp3) is 0.100. The van der Waals surface area contributed by atoms with Crippen LogP contribution in [0.25, 0.3) is 48.0 Å². The monoisotopic (exact) mass is 560 g/mol. The number of fused-ring (bicyclic) bond motifs is 6. The Balaban J connectivity index is 1.38. The summed E-state index contributed by atoms with van der Waals surface area (Å²) in [7, 11) is 0. The molecular weight excluding hydrogens is 529 g/mol. The van der Waals surface area contributed by atoms with Crippen LogP contribution in [0, 0.1) is 0 Å². The lowest BCUT2D eigenvalue weighted by Gasteiger charge is -2.35. The highest BCUT2D eigenvalue weighted by atomic mass is 32.1. The highest BCUT2D eigenvalue weighted by Gasteiger charge is 2.36.